The first-order chi connectivity index (χ1) is 6.99. The summed E-state index contributed by atoms with van der Waals surface area (Å²) < 4.78 is 0. The summed E-state index contributed by atoms with van der Waals surface area (Å²) in [5, 5.41) is 2.89. The lowest BCUT2D eigenvalue weighted by atomic mass is 9.99. The van der Waals surface area contributed by atoms with Crippen molar-refractivity contribution in [2.24, 2.45) is 17.6 Å². The van der Waals surface area contributed by atoms with E-state index in [-0.39, 0.29) is 17.9 Å². The van der Waals surface area contributed by atoms with E-state index in [1.54, 1.807) is 0 Å². The SMILES string of the molecule is CCC(C)[C@H](N)C(=O)NCCCC(C)C. The van der Waals surface area contributed by atoms with E-state index in [0.29, 0.717) is 5.92 Å². The van der Waals surface area contributed by atoms with Crippen LogP contribution in [0, 0.1) is 11.8 Å². The van der Waals surface area contributed by atoms with E-state index in [4.69, 9.17) is 5.73 Å². The molecule has 0 aromatic heterocycles. The molecule has 0 rings (SSSR count). The van der Waals surface area contributed by atoms with Crippen LogP contribution in [0.3, 0.4) is 0 Å². The third-order valence-electron chi connectivity index (χ3n) is 2.82. The van der Waals surface area contributed by atoms with Crippen LogP contribution in [-0.4, -0.2) is 18.5 Å². The maximum Gasteiger partial charge on any atom is 0.237 e. The highest BCUT2D eigenvalue weighted by molar-refractivity contribution is 5.81. The maximum absolute atomic E-state index is 11.6. The average molecular weight is 214 g/mol. The number of nitrogens with one attached hydrogen (secondary N) is 1. The average Bonchev–Trinajstić information content (AvgIpc) is 2.21. The van der Waals surface area contributed by atoms with Gasteiger partial charge < -0.3 is 11.1 Å². The van der Waals surface area contributed by atoms with Crippen molar-refractivity contribution in [3.05, 3.63) is 0 Å². The Labute approximate surface area is 93.8 Å². The number of rotatable bonds is 7. The second-order valence-corrected chi connectivity index (χ2v) is 4.74. The first kappa shape index (κ1) is 14.4. The lowest BCUT2D eigenvalue weighted by Gasteiger charge is -2.17. The fourth-order valence-corrected chi connectivity index (χ4v) is 1.35. The van der Waals surface area contributed by atoms with Crippen LogP contribution < -0.4 is 11.1 Å². The second kappa shape index (κ2) is 7.69. The molecule has 0 heterocycles. The van der Waals surface area contributed by atoms with Gasteiger partial charge in [-0.2, -0.15) is 0 Å². The monoisotopic (exact) mass is 214 g/mol. The topological polar surface area (TPSA) is 55.1 Å². The Balaban J connectivity index is 3.65. The predicted molar refractivity (Wildman–Crippen MR) is 64.5 cm³/mol. The number of hydrogen-bond donors (Lipinski definition) is 2. The summed E-state index contributed by atoms with van der Waals surface area (Å²) in [6, 6.07) is -0.353. The highest BCUT2D eigenvalue weighted by Gasteiger charge is 2.18. The summed E-state index contributed by atoms with van der Waals surface area (Å²) in [6.07, 6.45) is 3.13. The summed E-state index contributed by atoms with van der Waals surface area (Å²) in [4.78, 5) is 11.6. The summed E-state index contributed by atoms with van der Waals surface area (Å²) in [7, 11) is 0. The van der Waals surface area contributed by atoms with Crippen molar-refractivity contribution < 1.29 is 4.79 Å². The molecule has 15 heavy (non-hydrogen) atoms. The molecule has 3 N–H and O–H groups in total. The van der Waals surface area contributed by atoms with Crippen LogP contribution in [-0.2, 0) is 4.79 Å². The first-order valence-electron chi connectivity index (χ1n) is 6.02. The Bertz CT molecular complexity index is 180. The number of hydrogen-bond acceptors (Lipinski definition) is 2. The zero-order valence-electron chi connectivity index (χ0n) is 10.5. The highest BCUT2D eigenvalue weighted by atomic mass is 16.2. The fraction of sp³-hybridized carbons (Fsp3) is 0.917. The van der Waals surface area contributed by atoms with Gasteiger partial charge in [-0.15, -0.1) is 0 Å². The molecule has 1 amide bonds. The van der Waals surface area contributed by atoms with Crippen molar-refractivity contribution >= 4 is 5.91 Å². The van der Waals surface area contributed by atoms with E-state index in [0.717, 1.165) is 25.8 Å². The van der Waals surface area contributed by atoms with Gasteiger partial charge in [0.1, 0.15) is 0 Å². The van der Waals surface area contributed by atoms with Crippen LogP contribution in [0.1, 0.15) is 47.0 Å². The summed E-state index contributed by atoms with van der Waals surface area (Å²) >= 11 is 0. The van der Waals surface area contributed by atoms with Gasteiger partial charge in [0.15, 0.2) is 0 Å². The maximum atomic E-state index is 11.6. The Morgan fingerprint density at radius 3 is 2.40 bits per heavy atom. The zero-order valence-corrected chi connectivity index (χ0v) is 10.5. The van der Waals surface area contributed by atoms with E-state index in [2.05, 4.69) is 26.1 Å². The van der Waals surface area contributed by atoms with Gasteiger partial charge in [0.05, 0.1) is 6.04 Å². The van der Waals surface area contributed by atoms with Crippen LogP contribution in [0.5, 0.6) is 0 Å². The molecule has 0 aliphatic carbocycles. The lowest BCUT2D eigenvalue weighted by molar-refractivity contribution is -0.123. The predicted octanol–water partition coefficient (Wildman–Crippen LogP) is 1.91. The molecular weight excluding hydrogens is 188 g/mol. The van der Waals surface area contributed by atoms with Crippen LogP contribution in [0.4, 0.5) is 0 Å². The van der Waals surface area contributed by atoms with Crippen LogP contribution in [0.15, 0.2) is 0 Å². The molecule has 0 aliphatic heterocycles. The van der Waals surface area contributed by atoms with Crippen LogP contribution in [0.25, 0.3) is 0 Å². The Hall–Kier alpha value is -0.570. The molecule has 0 aromatic rings. The van der Waals surface area contributed by atoms with Gasteiger partial charge in [0, 0.05) is 6.54 Å². The third-order valence-corrected chi connectivity index (χ3v) is 2.82. The van der Waals surface area contributed by atoms with Crippen LogP contribution in [0.2, 0.25) is 0 Å². The molecule has 3 nitrogen and oxygen atoms in total. The minimum Gasteiger partial charge on any atom is -0.355 e. The Morgan fingerprint density at radius 1 is 1.33 bits per heavy atom. The molecule has 2 atom stereocenters. The van der Waals surface area contributed by atoms with Crippen molar-refractivity contribution in [2.45, 2.75) is 53.0 Å². The molecule has 0 aliphatic rings. The van der Waals surface area contributed by atoms with E-state index < -0.39 is 0 Å². The normalized spacial score (nSPS) is 15.1. The summed E-state index contributed by atoms with van der Waals surface area (Å²) in [5.41, 5.74) is 5.80. The molecule has 0 fully saturated rings. The molecular formula is C12H26N2O. The lowest BCUT2D eigenvalue weighted by Crippen LogP contribution is -2.44. The second-order valence-electron chi connectivity index (χ2n) is 4.74. The molecule has 0 bridgehead atoms. The molecule has 1 unspecified atom stereocenters. The molecule has 0 spiro atoms. The highest BCUT2D eigenvalue weighted by Crippen LogP contribution is 2.05. The quantitative estimate of drug-likeness (QED) is 0.636. The number of amides is 1. The third kappa shape index (κ3) is 6.50. The molecule has 0 aromatic carbocycles. The van der Waals surface area contributed by atoms with E-state index in [1.165, 1.54) is 0 Å². The van der Waals surface area contributed by atoms with Gasteiger partial charge in [-0.05, 0) is 24.7 Å². The number of carbonyl (C=O) groups excluding carboxylic acids is 1. The van der Waals surface area contributed by atoms with Gasteiger partial charge >= 0.3 is 0 Å². The molecule has 0 radical (unpaired) electrons. The van der Waals surface area contributed by atoms with Gasteiger partial charge in [-0.25, -0.2) is 0 Å². The molecule has 0 saturated heterocycles. The van der Waals surface area contributed by atoms with Crippen molar-refractivity contribution in [2.75, 3.05) is 6.54 Å². The largest absolute Gasteiger partial charge is 0.355 e. The van der Waals surface area contributed by atoms with Crippen LogP contribution >= 0.6 is 0 Å². The van der Waals surface area contributed by atoms with E-state index >= 15 is 0 Å². The standard InChI is InChI=1S/C12H26N2O/c1-5-10(4)11(13)12(15)14-8-6-7-9(2)3/h9-11H,5-8,13H2,1-4H3,(H,14,15)/t10?,11-/m0/s1. The molecule has 90 valence electrons. The zero-order chi connectivity index (χ0) is 11.8. The summed E-state index contributed by atoms with van der Waals surface area (Å²) in [6.45, 7) is 9.19. The molecule has 0 saturated carbocycles. The van der Waals surface area contributed by atoms with Gasteiger partial charge in [-0.3, -0.25) is 4.79 Å². The van der Waals surface area contributed by atoms with Gasteiger partial charge in [-0.1, -0.05) is 34.1 Å². The minimum absolute atomic E-state index is 0.00638. The van der Waals surface area contributed by atoms with Crippen molar-refractivity contribution in [3.8, 4) is 0 Å². The van der Waals surface area contributed by atoms with Crippen molar-refractivity contribution in [3.63, 3.8) is 0 Å². The fourth-order valence-electron chi connectivity index (χ4n) is 1.35. The minimum atomic E-state index is -0.353. The Morgan fingerprint density at radius 2 is 1.93 bits per heavy atom. The smallest absolute Gasteiger partial charge is 0.237 e. The van der Waals surface area contributed by atoms with Gasteiger partial charge in [0.2, 0.25) is 5.91 Å². The van der Waals surface area contributed by atoms with Gasteiger partial charge in [0.25, 0.3) is 0 Å². The van der Waals surface area contributed by atoms with E-state index in [1.807, 2.05) is 6.92 Å². The van der Waals surface area contributed by atoms with Crippen molar-refractivity contribution in [1.82, 2.24) is 5.32 Å². The Kier molecular flexibility index (Phi) is 7.39. The first-order valence-corrected chi connectivity index (χ1v) is 6.02. The number of carbonyl (C=O) groups is 1. The summed E-state index contributed by atoms with van der Waals surface area (Å²) in [5.74, 6) is 0.952. The molecule has 3 heteroatoms. The van der Waals surface area contributed by atoms with Crippen molar-refractivity contribution in [1.29, 1.82) is 0 Å². The van der Waals surface area contributed by atoms with E-state index in [9.17, 15) is 4.79 Å². The number of nitrogens with two attached hydrogens (primary N) is 1.